The summed E-state index contributed by atoms with van der Waals surface area (Å²) in [7, 11) is 1.03. The summed E-state index contributed by atoms with van der Waals surface area (Å²) in [5, 5.41) is 3.58. The minimum atomic E-state index is -0.958. The molecule has 2 nitrogen and oxygen atoms in total. The Labute approximate surface area is 133 Å². The zero-order valence-corrected chi connectivity index (χ0v) is 14.8. The average molecular weight is 358 g/mol. The Morgan fingerprint density at radius 3 is 2.60 bits per heavy atom. The molecule has 0 amide bonds. The topological polar surface area (TPSA) is 29.1 Å². The van der Waals surface area contributed by atoms with Crippen molar-refractivity contribution >= 4 is 26.7 Å². The number of nitrogens with one attached hydrogen (secondary N) is 1. The van der Waals surface area contributed by atoms with Crippen LogP contribution in [-0.4, -0.2) is 22.5 Å². The fourth-order valence-electron chi connectivity index (χ4n) is 3.10. The number of hydrogen-bond donors (Lipinski definition) is 1. The van der Waals surface area contributed by atoms with Crippen molar-refractivity contribution in [1.29, 1.82) is 0 Å². The number of hydrogen-bond acceptors (Lipinski definition) is 2. The van der Waals surface area contributed by atoms with E-state index in [1.54, 1.807) is 0 Å². The molecule has 1 N–H and O–H groups in total. The van der Waals surface area contributed by atoms with Crippen LogP contribution in [0, 0.1) is 11.8 Å². The van der Waals surface area contributed by atoms with Gasteiger partial charge in [-0.25, -0.2) is 0 Å². The minimum Gasteiger partial charge on any atom is -0.316 e. The summed E-state index contributed by atoms with van der Waals surface area (Å²) in [5.74, 6) is 1.36. The van der Waals surface area contributed by atoms with Gasteiger partial charge in [0.25, 0.3) is 0 Å². The molecule has 0 heterocycles. The van der Waals surface area contributed by atoms with E-state index in [0.717, 1.165) is 22.2 Å². The maximum Gasteiger partial charge on any atom is 0.0588 e. The van der Waals surface area contributed by atoms with Crippen LogP contribution in [0.3, 0.4) is 0 Å². The van der Waals surface area contributed by atoms with Gasteiger partial charge in [-0.1, -0.05) is 26.0 Å². The number of rotatable bonds is 4. The van der Waals surface area contributed by atoms with E-state index in [4.69, 9.17) is 0 Å². The standard InChI is InChI=1S/C16H24BrNOS/c1-11(2)12-8-9-14(18-3)16(10-12)20(19)15-7-5-4-6-13(15)17/h4-7,11-12,14,16,18H,8-10H2,1-3H3. The van der Waals surface area contributed by atoms with Gasteiger partial charge in [-0.2, -0.15) is 0 Å². The van der Waals surface area contributed by atoms with E-state index >= 15 is 0 Å². The summed E-state index contributed by atoms with van der Waals surface area (Å²) >= 11 is 3.54. The first kappa shape index (κ1) is 16.2. The molecule has 0 saturated heterocycles. The first-order valence-corrected chi connectivity index (χ1v) is 9.37. The molecule has 1 aromatic carbocycles. The van der Waals surface area contributed by atoms with Crippen molar-refractivity contribution in [3.63, 3.8) is 0 Å². The fraction of sp³-hybridized carbons (Fsp3) is 0.625. The van der Waals surface area contributed by atoms with Crippen LogP contribution in [0.5, 0.6) is 0 Å². The van der Waals surface area contributed by atoms with E-state index in [1.807, 2.05) is 31.3 Å². The lowest BCUT2D eigenvalue weighted by molar-refractivity contribution is 0.249. The molecule has 112 valence electrons. The second kappa shape index (κ2) is 7.19. The van der Waals surface area contributed by atoms with E-state index in [-0.39, 0.29) is 5.25 Å². The van der Waals surface area contributed by atoms with E-state index in [1.165, 1.54) is 6.42 Å². The van der Waals surface area contributed by atoms with Crippen LogP contribution < -0.4 is 5.32 Å². The molecule has 1 fully saturated rings. The van der Waals surface area contributed by atoms with Gasteiger partial charge >= 0.3 is 0 Å². The monoisotopic (exact) mass is 357 g/mol. The van der Waals surface area contributed by atoms with Gasteiger partial charge in [-0.15, -0.1) is 0 Å². The molecule has 4 unspecified atom stereocenters. The van der Waals surface area contributed by atoms with Gasteiger partial charge in [0.05, 0.1) is 20.9 Å². The van der Waals surface area contributed by atoms with Crippen molar-refractivity contribution in [2.45, 2.75) is 49.3 Å². The van der Waals surface area contributed by atoms with Crippen LogP contribution in [-0.2, 0) is 10.8 Å². The highest BCUT2D eigenvalue weighted by Crippen LogP contribution is 2.35. The van der Waals surface area contributed by atoms with Crippen molar-refractivity contribution in [3.8, 4) is 0 Å². The molecule has 1 saturated carbocycles. The summed E-state index contributed by atoms with van der Waals surface area (Å²) in [5.41, 5.74) is 0. The van der Waals surface area contributed by atoms with Crippen LogP contribution in [0.2, 0.25) is 0 Å². The van der Waals surface area contributed by atoms with Gasteiger partial charge in [0.1, 0.15) is 0 Å². The molecule has 2 rings (SSSR count). The summed E-state index contributed by atoms with van der Waals surface area (Å²) in [6.45, 7) is 4.56. The third-order valence-corrected chi connectivity index (χ3v) is 7.29. The quantitative estimate of drug-likeness (QED) is 0.883. The molecule has 1 aromatic rings. The Bertz CT molecular complexity index is 477. The molecule has 0 radical (unpaired) electrons. The van der Waals surface area contributed by atoms with Crippen LogP contribution in [0.15, 0.2) is 33.6 Å². The molecule has 0 aliphatic heterocycles. The first-order valence-electron chi connectivity index (χ1n) is 7.37. The van der Waals surface area contributed by atoms with Crippen LogP contribution >= 0.6 is 15.9 Å². The normalized spacial score (nSPS) is 28.6. The zero-order valence-electron chi connectivity index (χ0n) is 12.4. The Morgan fingerprint density at radius 2 is 2.00 bits per heavy atom. The highest BCUT2D eigenvalue weighted by molar-refractivity contribution is 9.10. The fourth-order valence-corrected chi connectivity index (χ4v) is 5.66. The predicted octanol–water partition coefficient (Wildman–Crippen LogP) is 3.97. The third kappa shape index (κ3) is 3.52. The zero-order chi connectivity index (χ0) is 14.7. The molecule has 20 heavy (non-hydrogen) atoms. The van der Waals surface area contributed by atoms with Crippen molar-refractivity contribution in [2.24, 2.45) is 11.8 Å². The van der Waals surface area contributed by atoms with Gasteiger partial charge in [0, 0.05) is 10.5 Å². The van der Waals surface area contributed by atoms with Gasteiger partial charge in [-0.05, 0) is 66.2 Å². The lowest BCUT2D eigenvalue weighted by Crippen LogP contribution is -2.45. The van der Waals surface area contributed by atoms with Gasteiger partial charge in [0.2, 0.25) is 0 Å². The summed E-state index contributed by atoms with van der Waals surface area (Å²) < 4.78 is 14.0. The molecule has 0 bridgehead atoms. The molecule has 1 aliphatic rings. The lowest BCUT2D eigenvalue weighted by atomic mass is 9.79. The van der Waals surface area contributed by atoms with Crippen LogP contribution in [0.1, 0.15) is 33.1 Å². The maximum absolute atomic E-state index is 13.0. The highest BCUT2D eigenvalue weighted by atomic mass is 79.9. The second-order valence-corrected chi connectivity index (χ2v) is 8.47. The van der Waals surface area contributed by atoms with E-state index < -0.39 is 10.8 Å². The molecule has 1 aliphatic carbocycles. The lowest BCUT2D eigenvalue weighted by Gasteiger charge is -2.37. The SMILES string of the molecule is CNC1CCC(C(C)C)CC1S(=O)c1ccccc1Br. The maximum atomic E-state index is 13.0. The van der Waals surface area contributed by atoms with Crippen molar-refractivity contribution in [3.05, 3.63) is 28.7 Å². The van der Waals surface area contributed by atoms with E-state index in [9.17, 15) is 4.21 Å². The largest absolute Gasteiger partial charge is 0.316 e. The summed E-state index contributed by atoms with van der Waals surface area (Å²) in [6.07, 6.45) is 3.42. The average Bonchev–Trinajstić information content (AvgIpc) is 2.46. The van der Waals surface area contributed by atoms with E-state index in [0.29, 0.717) is 17.9 Å². The molecular weight excluding hydrogens is 334 g/mol. The van der Waals surface area contributed by atoms with Crippen molar-refractivity contribution in [1.82, 2.24) is 5.32 Å². The van der Waals surface area contributed by atoms with Gasteiger partial charge in [-0.3, -0.25) is 4.21 Å². The van der Waals surface area contributed by atoms with Crippen molar-refractivity contribution in [2.75, 3.05) is 7.05 Å². The van der Waals surface area contributed by atoms with Crippen molar-refractivity contribution < 1.29 is 4.21 Å². The Kier molecular flexibility index (Phi) is 5.82. The van der Waals surface area contributed by atoms with Crippen LogP contribution in [0.25, 0.3) is 0 Å². The number of benzene rings is 1. The van der Waals surface area contributed by atoms with Gasteiger partial charge < -0.3 is 5.32 Å². The Hall–Kier alpha value is -0.190. The first-order chi connectivity index (χ1) is 9.54. The molecule has 4 atom stereocenters. The second-order valence-electron chi connectivity index (χ2n) is 5.98. The minimum absolute atomic E-state index is 0.208. The predicted molar refractivity (Wildman–Crippen MR) is 89.4 cm³/mol. The highest BCUT2D eigenvalue weighted by Gasteiger charge is 2.35. The molecule has 4 heteroatoms. The van der Waals surface area contributed by atoms with Crippen LogP contribution in [0.4, 0.5) is 0 Å². The third-order valence-electron chi connectivity index (χ3n) is 4.47. The van der Waals surface area contributed by atoms with E-state index in [2.05, 4.69) is 35.1 Å². The Balaban J connectivity index is 2.23. The molecule has 0 spiro atoms. The summed E-state index contributed by atoms with van der Waals surface area (Å²) in [6, 6.07) is 8.25. The number of halogens is 1. The Morgan fingerprint density at radius 1 is 1.30 bits per heavy atom. The molecular formula is C16H24BrNOS. The van der Waals surface area contributed by atoms with Gasteiger partial charge in [0.15, 0.2) is 0 Å². The summed E-state index contributed by atoms with van der Waals surface area (Å²) in [4.78, 5) is 0.933. The molecule has 0 aromatic heterocycles. The smallest absolute Gasteiger partial charge is 0.0588 e.